The molecular weight excluding hydrogens is 474 g/mol. The average molecular weight is 496 g/mol. The topological polar surface area (TPSA) is 0 Å². The number of benzene rings is 4. The Labute approximate surface area is 186 Å². The van der Waals surface area contributed by atoms with E-state index >= 15 is 0 Å². The molecule has 0 N–H and O–H groups in total. The van der Waals surface area contributed by atoms with Crippen LogP contribution in [-0.4, -0.2) is 0 Å². The first-order valence-electron chi connectivity index (χ1n) is 9.99. The Hall–Kier alpha value is -1.40. The van der Waals surface area contributed by atoms with Crippen LogP contribution >= 0.6 is 17.0 Å². The summed E-state index contributed by atoms with van der Waals surface area (Å²) < 4.78 is 0.252. The van der Waals surface area contributed by atoms with Crippen LogP contribution in [0.5, 0.6) is 0 Å². The van der Waals surface area contributed by atoms with Crippen molar-refractivity contribution in [1.82, 2.24) is 0 Å². The zero-order valence-corrected chi connectivity index (χ0v) is 20.4. The Balaban J connectivity index is 1.84. The molecule has 0 fully saturated rings. The molecule has 29 heavy (non-hydrogen) atoms. The van der Waals surface area contributed by atoms with Crippen molar-refractivity contribution in [2.24, 2.45) is 5.92 Å². The molecule has 5 rings (SSSR count). The predicted octanol–water partition coefficient (Wildman–Crippen LogP) is 8.68. The van der Waals surface area contributed by atoms with Gasteiger partial charge in [0.2, 0.25) is 0 Å². The maximum absolute atomic E-state index is 6.64. The second kappa shape index (κ2) is 7.70. The van der Waals surface area contributed by atoms with Crippen LogP contribution in [-0.2, 0) is 19.4 Å². The van der Waals surface area contributed by atoms with Crippen molar-refractivity contribution < 1.29 is 19.4 Å². The Morgan fingerprint density at radius 1 is 0.759 bits per heavy atom. The van der Waals surface area contributed by atoms with E-state index in [-0.39, 0.29) is 3.63 Å². The molecule has 0 spiro atoms. The van der Waals surface area contributed by atoms with Crippen LogP contribution in [0.4, 0.5) is 0 Å². The molecule has 0 radical (unpaired) electrons. The van der Waals surface area contributed by atoms with E-state index in [9.17, 15) is 0 Å². The van der Waals surface area contributed by atoms with Gasteiger partial charge in [-0.1, -0.05) is 0 Å². The standard InChI is InChI=1S/C26H21.2ClH.Zr/c1-17(2)20-14-18-9-7-13-24(25(18)16-20)26-15-19-8-3-4-10-21(19)22-11-5-6-12-23(22)26;;;/h3-17H,1-2H3;2*1H;/q;;;+2/p-2. The van der Waals surface area contributed by atoms with Crippen LogP contribution in [0.2, 0.25) is 0 Å². The molecule has 0 heterocycles. The van der Waals surface area contributed by atoms with Crippen molar-refractivity contribution in [2.75, 3.05) is 0 Å². The minimum atomic E-state index is -2.51. The van der Waals surface area contributed by atoms with E-state index in [2.05, 4.69) is 92.7 Å². The summed E-state index contributed by atoms with van der Waals surface area (Å²) in [6.45, 7) is 4.49. The molecule has 3 heteroatoms. The third kappa shape index (κ3) is 3.23. The number of rotatable bonds is 3. The summed E-state index contributed by atoms with van der Waals surface area (Å²) in [4.78, 5) is 0. The number of fused-ring (bicyclic) bond motifs is 4. The molecule has 1 unspecified atom stereocenters. The van der Waals surface area contributed by atoms with E-state index in [1.54, 1.807) is 0 Å². The zero-order valence-electron chi connectivity index (χ0n) is 16.4. The summed E-state index contributed by atoms with van der Waals surface area (Å²) in [5.74, 6) is 0.446. The third-order valence-electron chi connectivity index (χ3n) is 6.04. The summed E-state index contributed by atoms with van der Waals surface area (Å²) in [5.41, 5.74) is 6.59. The van der Waals surface area contributed by atoms with Crippen LogP contribution in [0.1, 0.15) is 28.6 Å². The van der Waals surface area contributed by atoms with E-state index in [1.165, 1.54) is 49.4 Å². The van der Waals surface area contributed by atoms with Crippen molar-refractivity contribution in [3.05, 3.63) is 89.5 Å². The molecule has 0 nitrogen and oxygen atoms in total. The van der Waals surface area contributed by atoms with Gasteiger partial charge in [0.1, 0.15) is 0 Å². The molecule has 0 bridgehead atoms. The van der Waals surface area contributed by atoms with Crippen LogP contribution in [0.15, 0.2) is 78.4 Å². The first-order valence-corrected chi connectivity index (χ1v) is 17.7. The van der Waals surface area contributed by atoms with Gasteiger partial charge in [-0.2, -0.15) is 0 Å². The number of halogens is 2. The van der Waals surface area contributed by atoms with Gasteiger partial charge in [-0.05, 0) is 0 Å². The molecule has 4 aromatic carbocycles. The molecule has 0 saturated heterocycles. The predicted molar refractivity (Wildman–Crippen MR) is 124 cm³/mol. The van der Waals surface area contributed by atoms with Gasteiger partial charge in [-0.25, -0.2) is 0 Å². The van der Waals surface area contributed by atoms with E-state index in [1.807, 2.05) is 0 Å². The van der Waals surface area contributed by atoms with Crippen LogP contribution in [0, 0.1) is 5.92 Å². The fourth-order valence-corrected chi connectivity index (χ4v) is 10.4. The minimum absolute atomic E-state index is 0.252. The number of hydrogen-bond donors (Lipinski definition) is 0. The van der Waals surface area contributed by atoms with Gasteiger partial charge in [0.15, 0.2) is 0 Å². The van der Waals surface area contributed by atoms with Crippen molar-refractivity contribution in [3.63, 3.8) is 0 Å². The van der Waals surface area contributed by atoms with Crippen LogP contribution < -0.4 is 0 Å². The normalized spacial score (nSPS) is 15.8. The molecule has 4 aromatic rings. The SMILES string of the molecule is CC(C)C1=Cc2c(-c3cc4ccccc4c4ccccc34)cccc2[CH]1[Zr]([Cl])[Cl]. The summed E-state index contributed by atoms with van der Waals surface area (Å²) in [7, 11) is 13.3. The quantitative estimate of drug-likeness (QED) is 0.249. The number of hydrogen-bond acceptors (Lipinski definition) is 0. The molecular formula is C26H21Cl2Zr. The van der Waals surface area contributed by atoms with Gasteiger partial charge < -0.3 is 0 Å². The molecule has 1 aliphatic rings. The van der Waals surface area contributed by atoms with Crippen molar-refractivity contribution in [1.29, 1.82) is 0 Å². The van der Waals surface area contributed by atoms with Gasteiger partial charge in [-0.3, -0.25) is 0 Å². The van der Waals surface area contributed by atoms with E-state index in [0.29, 0.717) is 5.92 Å². The fourth-order valence-electron chi connectivity index (χ4n) is 4.68. The molecule has 0 aliphatic heterocycles. The van der Waals surface area contributed by atoms with Gasteiger partial charge in [0.25, 0.3) is 0 Å². The second-order valence-electron chi connectivity index (χ2n) is 8.02. The Kier molecular flexibility index (Phi) is 5.19. The van der Waals surface area contributed by atoms with Crippen LogP contribution in [0.25, 0.3) is 38.7 Å². The third-order valence-corrected chi connectivity index (χ3v) is 11.3. The van der Waals surface area contributed by atoms with Gasteiger partial charge >= 0.3 is 188 Å². The second-order valence-corrected chi connectivity index (χ2v) is 16.8. The zero-order chi connectivity index (χ0) is 20.1. The summed E-state index contributed by atoms with van der Waals surface area (Å²) in [5, 5.41) is 5.16. The summed E-state index contributed by atoms with van der Waals surface area (Å²) >= 11 is -2.51. The maximum atomic E-state index is 6.64. The van der Waals surface area contributed by atoms with Gasteiger partial charge in [-0.15, -0.1) is 0 Å². The molecule has 0 saturated carbocycles. The Morgan fingerprint density at radius 2 is 1.45 bits per heavy atom. The fraction of sp³-hybridized carbons (Fsp3) is 0.154. The summed E-state index contributed by atoms with van der Waals surface area (Å²) in [6, 6.07) is 26.3. The van der Waals surface area contributed by atoms with Gasteiger partial charge in [0.05, 0.1) is 0 Å². The van der Waals surface area contributed by atoms with Crippen molar-refractivity contribution in [3.8, 4) is 11.1 Å². The first kappa shape index (κ1) is 19.6. The van der Waals surface area contributed by atoms with E-state index < -0.39 is 19.4 Å². The van der Waals surface area contributed by atoms with E-state index in [4.69, 9.17) is 17.0 Å². The first-order chi connectivity index (χ1) is 14.1. The Bertz CT molecular complexity index is 1270. The van der Waals surface area contributed by atoms with Crippen molar-refractivity contribution >= 4 is 44.6 Å². The van der Waals surface area contributed by atoms with Crippen LogP contribution in [0.3, 0.4) is 0 Å². The molecule has 1 atom stereocenters. The molecule has 1 aliphatic carbocycles. The average Bonchev–Trinajstić information content (AvgIpc) is 3.14. The summed E-state index contributed by atoms with van der Waals surface area (Å²) in [6.07, 6.45) is 2.37. The number of allylic oxidation sites excluding steroid dienone is 1. The van der Waals surface area contributed by atoms with E-state index in [0.717, 1.165) is 0 Å². The van der Waals surface area contributed by atoms with Crippen molar-refractivity contribution in [2.45, 2.75) is 17.5 Å². The molecule has 143 valence electrons. The molecule has 0 aromatic heterocycles. The molecule has 0 amide bonds. The Morgan fingerprint density at radius 3 is 2.17 bits per heavy atom. The monoisotopic (exact) mass is 493 g/mol. The van der Waals surface area contributed by atoms with Gasteiger partial charge in [0, 0.05) is 0 Å².